The molecule has 0 aromatic heterocycles. The van der Waals surface area contributed by atoms with Crippen LogP contribution in [0.2, 0.25) is 0 Å². The van der Waals surface area contributed by atoms with Gasteiger partial charge in [-0.1, -0.05) is 40.9 Å². The Labute approximate surface area is 116 Å². The zero-order valence-corrected chi connectivity index (χ0v) is 11.9. The van der Waals surface area contributed by atoms with E-state index in [-0.39, 0.29) is 0 Å². The van der Waals surface area contributed by atoms with Crippen molar-refractivity contribution in [2.75, 3.05) is 6.54 Å². The van der Waals surface area contributed by atoms with Gasteiger partial charge in [-0.05, 0) is 30.5 Å². The maximum Gasteiger partial charge on any atom is 0.192 e. The molecule has 2 aliphatic rings. The predicted octanol–water partition coefficient (Wildman–Crippen LogP) is 3.06. The van der Waals surface area contributed by atoms with Gasteiger partial charge in [0.15, 0.2) is 5.96 Å². The molecule has 18 heavy (non-hydrogen) atoms. The summed E-state index contributed by atoms with van der Waals surface area (Å²) in [5.41, 5.74) is 7.39. The molecule has 0 radical (unpaired) electrons. The first-order valence-corrected chi connectivity index (χ1v) is 7.39. The molecule has 1 aliphatic carbocycles. The number of nitrogens with zero attached hydrogens (tertiary/aromatic N) is 2. The highest BCUT2D eigenvalue weighted by Crippen LogP contribution is 2.34. The van der Waals surface area contributed by atoms with E-state index >= 15 is 0 Å². The van der Waals surface area contributed by atoms with E-state index in [0.717, 1.165) is 17.0 Å². The lowest BCUT2D eigenvalue weighted by molar-refractivity contribution is 0.262. The summed E-state index contributed by atoms with van der Waals surface area (Å²) in [5, 5.41) is 0. The molecule has 0 amide bonds. The smallest absolute Gasteiger partial charge is 0.192 e. The average Bonchev–Trinajstić information content (AvgIpc) is 2.97. The van der Waals surface area contributed by atoms with Crippen molar-refractivity contribution in [3.8, 4) is 0 Å². The number of rotatable bonds is 2. The Kier molecular flexibility index (Phi) is 3.29. The number of benzene rings is 1. The van der Waals surface area contributed by atoms with Gasteiger partial charge in [-0.25, -0.2) is 0 Å². The van der Waals surface area contributed by atoms with E-state index in [9.17, 15) is 0 Å². The van der Waals surface area contributed by atoms with Crippen LogP contribution in [0.5, 0.6) is 0 Å². The molecule has 1 heterocycles. The topological polar surface area (TPSA) is 41.6 Å². The van der Waals surface area contributed by atoms with Crippen molar-refractivity contribution in [1.82, 2.24) is 4.90 Å². The largest absolute Gasteiger partial charge is 0.370 e. The summed E-state index contributed by atoms with van der Waals surface area (Å²) in [4.78, 5) is 6.80. The summed E-state index contributed by atoms with van der Waals surface area (Å²) >= 11 is 3.54. The summed E-state index contributed by atoms with van der Waals surface area (Å²) in [5.74, 6) is 0.729. The van der Waals surface area contributed by atoms with E-state index in [4.69, 9.17) is 5.73 Å². The fourth-order valence-corrected chi connectivity index (χ4v) is 3.53. The van der Waals surface area contributed by atoms with E-state index in [1.807, 2.05) is 0 Å². The fraction of sp³-hybridized carbons (Fsp3) is 0.500. The van der Waals surface area contributed by atoms with Crippen LogP contribution >= 0.6 is 15.9 Å². The van der Waals surface area contributed by atoms with Crippen LogP contribution in [0.1, 0.15) is 37.3 Å². The van der Waals surface area contributed by atoms with Gasteiger partial charge in [0.05, 0.1) is 12.6 Å². The minimum atomic E-state index is 0.325. The zero-order valence-electron chi connectivity index (χ0n) is 10.3. The summed E-state index contributed by atoms with van der Waals surface area (Å²) in [6.07, 6.45) is 5.14. The summed E-state index contributed by atoms with van der Waals surface area (Å²) in [6, 6.07) is 9.40. The van der Waals surface area contributed by atoms with E-state index in [1.165, 1.54) is 31.2 Å². The van der Waals surface area contributed by atoms with Gasteiger partial charge in [0.25, 0.3) is 0 Å². The van der Waals surface area contributed by atoms with Gasteiger partial charge in [-0.3, -0.25) is 4.99 Å². The fourth-order valence-electron chi connectivity index (χ4n) is 3.11. The zero-order chi connectivity index (χ0) is 12.5. The highest BCUT2D eigenvalue weighted by molar-refractivity contribution is 9.10. The molecule has 96 valence electrons. The van der Waals surface area contributed by atoms with Crippen LogP contribution in [0.4, 0.5) is 0 Å². The number of hydrogen-bond donors (Lipinski definition) is 1. The third-order valence-corrected chi connectivity index (χ3v) is 4.47. The van der Waals surface area contributed by atoms with Gasteiger partial charge < -0.3 is 10.6 Å². The molecule has 2 N–H and O–H groups in total. The van der Waals surface area contributed by atoms with E-state index in [0.29, 0.717) is 12.1 Å². The Balaban J connectivity index is 1.87. The van der Waals surface area contributed by atoms with Crippen molar-refractivity contribution in [3.63, 3.8) is 0 Å². The van der Waals surface area contributed by atoms with Gasteiger partial charge in [-0.15, -0.1) is 0 Å². The number of nitrogens with two attached hydrogens (primary N) is 1. The number of hydrogen-bond acceptors (Lipinski definition) is 3. The Morgan fingerprint density at radius 2 is 2.06 bits per heavy atom. The first-order valence-electron chi connectivity index (χ1n) is 6.59. The number of guanidine groups is 1. The summed E-state index contributed by atoms with van der Waals surface area (Å²) in [7, 11) is 0. The highest BCUT2D eigenvalue weighted by Gasteiger charge is 2.34. The first-order chi connectivity index (χ1) is 8.75. The van der Waals surface area contributed by atoms with Gasteiger partial charge in [0.2, 0.25) is 0 Å². The van der Waals surface area contributed by atoms with Crippen LogP contribution < -0.4 is 5.73 Å². The average molecular weight is 308 g/mol. The maximum atomic E-state index is 6.09. The van der Waals surface area contributed by atoms with Crippen LogP contribution in [0, 0.1) is 0 Å². The molecule has 0 spiro atoms. The van der Waals surface area contributed by atoms with Crippen LogP contribution in [-0.4, -0.2) is 23.4 Å². The van der Waals surface area contributed by atoms with Gasteiger partial charge >= 0.3 is 0 Å². The van der Waals surface area contributed by atoms with Crippen molar-refractivity contribution < 1.29 is 0 Å². The molecule has 1 aromatic rings. The van der Waals surface area contributed by atoms with Crippen LogP contribution in [0.3, 0.4) is 0 Å². The molecule has 1 saturated carbocycles. The molecular formula is C14H18BrN3. The first kappa shape index (κ1) is 12.0. The minimum absolute atomic E-state index is 0.325. The van der Waals surface area contributed by atoms with Gasteiger partial charge in [0, 0.05) is 10.5 Å². The Morgan fingerprint density at radius 1 is 1.28 bits per heavy atom. The van der Waals surface area contributed by atoms with Crippen LogP contribution in [0.25, 0.3) is 0 Å². The molecule has 1 unspecified atom stereocenters. The number of halogens is 1. The van der Waals surface area contributed by atoms with Crippen LogP contribution in [0.15, 0.2) is 33.7 Å². The van der Waals surface area contributed by atoms with Crippen molar-refractivity contribution in [2.24, 2.45) is 10.7 Å². The third-order valence-electron chi connectivity index (χ3n) is 3.98. The van der Waals surface area contributed by atoms with E-state index in [2.05, 4.69) is 50.1 Å². The molecule has 1 atom stereocenters. The third kappa shape index (κ3) is 2.14. The molecule has 1 aromatic carbocycles. The highest BCUT2D eigenvalue weighted by atomic mass is 79.9. The Hall–Kier alpha value is -1.03. The standard InChI is InChI=1S/C14H18BrN3/c15-11-5-3-4-10(8-11)13-9-17-14(16)18(13)12-6-1-2-7-12/h3-5,8,12-13H,1-2,6-7,9H2,(H2,16,17). The quantitative estimate of drug-likeness (QED) is 0.912. The van der Waals surface area contributed by atoms with E-state index in [1.54, 1.807) is 0 Å². The minimum Gasteiger partial charge on any atom is -0.370 e. The Morgan fingerprint density at radius 3 is 2.78 bits per heavy atom. The summed E-state index contributed by atoms with van der Waals surface area (Å²) < 4.78 is 1.12. The normalized spacial score (nSPS) is 24.6. The second-order valence-corrected chi connectivity index (χ2v) is 6.03. The lowest BCUT2D eigenvalue weighted by Gasteiger charge is -2.32. The Bertz CT molecular complexity index is 466. The predicted molar refractivity (Wildman–Crippen MR) is 77.5 cm³/mol. The molecular weight excluding hydrogens is 290 g/mol. The molecule has 0 bridgehead atoms. The molecule has 1 aliphatic heterocycles. The monoisotopic (exact) mass is 307 g/mol. The lowest BCUT2D eigenvalue weighted by Crippen LogP contribution is -2.42. The SMILES string of the molecule is NC1=NCC(c2cccc(Br)c2)N1C1CCCC1. The van der Waals surface area contributed by atoms with Gasteiger partial charge in [-0.2, -0.15) is 0 Å². The van der Waals surface area contributed by atoms with Crippen molar-refractivity contribution in [3.05, 3.63) is 34.3 Å². The van der Waals surface area contributed by atoms with Crippen molar-refractivity contribution in [2.45, 2.75) is 37.8 Å². The second kappa shape index (κ2) is 4.92. The molecule has 1 fully saturated rings. The van der Waals surface area contributed by atoms with Crippen molar-refractivity contribution >= 4 is 21.9 Å². The lowest BCUT2D eigenvalue weighted by atomic mass is 10.0. The van der Waals surface area contributed by atoms with Crippen molar-refractivity contribution in [1.29, 1.82) is 0 Å². The molecule has 0 saturated heterocycles. The summed E-state index contributed by atoms with van der Waals surface area (Å²) in [6.45, 7) is 0.790. The second-order valence-electron chi connectivity index (χ2n) is 5.12. The van der Waals surface area contributed by atoms with E-state index < -0.39 is 0 Å². The maximum absolute atomic E-state index is 6.09. The van der Waals surface area contributed by atoms with Crippen LogP contribution in [-0.2, 0) is 0 Å². The molecule has 4 heteroatoms. The number of aliphatic imine (C=N–C) groups is 1. The molecule has 3 rings (SSSR count). The van der Waals surface area contributed by atoms with Gasteiger partial charge in [0.1, 0.15) is 0 Å². The molecule has 3 nitrogen and oxygen atoms in total.